The molecule has 0 saturated carbocycles. The van der Waals surface area contributed by atoms with Crippen LogP contribution in [0.5, 0.6) is 5.75 Å². The van der Waals surface area contributed by atoms with Crippen molar-refractivity contribution in [2.45, 2.75) is 27.2 Å². The smallest absolute Gasteiger partial charge is 0.278 e. The molecule has 1 heterocycles. The van der Waals surface area contributed by atoms with E-state index in [-0.39, 0.29) is 29.6 Å². The summed E-state index contributed by atoms with van der Waals surface area (Å²) in [5.74, 6) is -0.378. The van der Waals surface area contributed by atoms with Gasteiger partial charge < -0.3 is 20.1 Å². The van der Waals surface area contributed by atoms with Crippen molar-refractivity contribution in [3.05, 3.63) is 59.8 Å². The quantitative estimate of drug-likeness (QED) is 0.400. The van der Waals surface area contributed by atoms with Gasteiger partial charge in [0.2, 0.25) is 5.91 Å². The highest BCUT2D eigenvalue weighted by Crippen LogP contribution is 2.33. The van der Waals surface area contributed by atoms with E-state index < -0.39 is 5.91 Å². The van der Waals surface area contributed by atoms with Crippen LogP contribution in [0.4, 0.5) is 11.4 Å². The molecule has 0 atom stereocenters. The fraction of sp³-hybridized carbons (Fsp3) is 0.320. The number of amides is 3. The van der Waals surface area contributed by atoms with Crippen molar-refractivity contribution in [1.29, 1.82) is 0 Å². The van der Waals surface area contributed by atoms with Crippen LogP contribution in [0.2, 0.25) is 0 Å². The minimum Gasteiger partial charge on any atom is -0.492 e. The molecule has 0 bridgehead atoms. The van der Waals surface area contributed by atoms with E-state index in [0.717, 1.165) is 0 Å². The first-order chi connectivity index (χ1) is 16.0. The van der Waals surface area contributed by atoms with Crippen LogP contribution in [-0.2, 0) is 19.1 Å². The van der Waals surface area contributed by atoms with Gasteiger partial charge in [0.15, 0.2) is 0 Å². The predicted octanol–water partition coefficient (Wildman–Crippen LogP) is 3.66. The van der Waals surface area contributed by atoms with E-state index in [1.54, 1.807) is 36.4 Å². The molecule has 8 heteroatoms. The second-order valence-corrected chi connectivity index (χ2v) is 7.38. The van der Waals surface area contributed by atoms with E-state index in [1.807, 2.05) is 26.0 Å². The minimum atomic E-state index is -0.399. The molecule has 0 spiro atoms. The Balaban J connectivity index is 1.96. The first-order valence-corrected chi connectivity index (χ1v) is 11.0. The van der Waals surface area contributed by atoms with Gasteiger partial charge in [0.1, 0.15) is 11.4 Å². The van der Waals surface area contributed by atoms with Crippen LogP contribution in [0.15, 0.2) is 54.2 Å². The number of imide groups is 1. The number of hydrogen-bond donors (Lipinski definition) is 2. The van der Waals surface area contributed by atoms with Gasteiger partial charge in [-0.05, 0) is 50.1 Å². The molecule has 33 heavy (non-hydrogen) atoms. The fourth-order valence-electron chi connectivity index (χ4n) is 3.54. The maximum atomic E-state index is 13.3. The van der Waals surface area contributed by atoms with E-state index in [4.69, 9.17) is 9.47 Å². The van der Waals surface area contributed by atoms with Gasteiger partial charge in [-0.15, -0.1) is 0 Å². The third-order valence-corrected chi connectivity index (χ3v) is 4.98. The number of para-hydroxylation sites is 2. The number of carbonyl (C=O) groups excluding carboxylic acids is 3. The first-order valence-electron chi connectivity index (χ1n) is 11.0. The van der Waals surface area contributed by atoms with Gasteiger partial charge in [0.05, 0.1) is 17.9 Å². The van der Waals surface area contributed by atoms with Crippen molar-refractivity contribution < 1.29 is 23.9 Å². The van der Waals surface area contributed by atoms with Gasteiger partial charge in [-0.25, -0.2) is 0 Å². The van der Waals surface area contributed by atoms with Gasteiger partial charge >= 0.3 is 0 Å². The Hall–Kier alpha value is -3.65. The Morgan fingerprint density at radius 1 is 0.970 bits per heavy atom. The molecule has 2 aromatic rings. The molecule has 0 aliphatic carbocycles. The Bertz CT molecular complexity index is 1050. The average molecular weight is 452 g/mol. The topological polar surface area (TPSA) is 97.0 Å². The van der Waals surface area contributed by atoms with Crippen LogP contribution in [0.25, 0.3) is 5.57 Å². The monoisotopic (exact) mass is 451 g/mol. The lowest BCUT2D eigenvalue weighted by atomic mass is 10.0. The lowest BCUT2D eigenvalue weighted by molar-refractivity contribution is -0.137. The van der Waals surface area contributed by atoms with Gasteiger partial charge in [0, 0.05) is 32.4 Å². The summed E-state index contributed by atoms with van der Waals surface area (Å²) in [4.78, 5) is 39.2. The summed E-state index contributed by atoms with van der Waals surface area (Å²) in [6, 6.07) is 14.1. The van der Waals surface area contributed by atoms with Crippen molar-refractivity contribution in [2.75, 3.05) is 37.0 Å². The SMILES string of the molecule is CCOCCCN1C(=O)C(Nc2ccccc2OCC)=C(c2ccc(NC(C)=O)cc2)C1=O. The predicted molar refractivity (Wildman–Crippen MR) is 127 cm³/mol. The molecular weight excluding hydrogens is 422 g/mol. The Morgan fingerprint density at radius 3 is 2.36 bits per heavy atom. The Kier molecular flexibility index (Phi) is 8.21. The molecule has 0 fully saturated rings. The van der Waals surface area contributed by atoms with Crippen LogP contribution in [0, 0.1) is 0 Å². The number of ether oxygens (including phenoxy) is 2. The highest BCUT2D eigenvalue weighted by molar-refractivity contribution is 6.36. The van der Waals surface area contributed by atoms with Crippen LogP contribution in [0.3, 0.4) is 0 Å². The number of anilines is 2. The average Bonchev–Trinajstić information content (AvgIpc) is 3.02. The number of nitrogens with zero attached hydrogens (tertiary/aromatic N) is 1. The van der Waals surface area contributed by atoms with Crippen LogP contribution in [-0.4, -0.2) is 49.0 Å². The Morgan fingerprint density at radius 2 is 1.70 bits per heavy atom. The molecule has 3 rings (SSSR count). The molecule has 2 aromatic carbocycles. The number of carbonyl (C=O) groups is 3. The molecule has 0 saturated heterocycles. The van der Waals surface area contributed by atoms with Gasteiger partial charge in [-0.2, -0.15) is 0 Å². The maximum Gasteiger partial charge on any atom is 0.278 e. The molecule has 174 valence electrons. The van der Waals surface area contributed by atoms with Crippen LogP contribution in [0.1, 0.15) is 32.8 Å². The molecule has 1 aliphatic heterocycles. The van der Waals surface area contributed by atoms with Crippen molar-refractivity contribution in [1.82, 2.24) is 4.90 Å². The summed E-state index contributed by atoms with van der Waals surface area (Å²) in [5, 5.41) is 5.84. The third-order valence-electron chi connectivity index (χ3n) is 4.98. The van der Waals surface area contributed by atoms with E-state index in [2.05, 4.69) is 10.6 Å². The van der Waals surface area contributed by atoms with E-state index in [1.165, 1.54) is 11.8 Å². The number of rotatable bonds is 11. The molecule has 3 amide bonds. The second-order valence-electron chi connectivity index (χ2n) is 7.38. The largest absolute Gasteiger partial charge is 0.492 e. The number of hydrogen-bond acceptors (Lipinski definition) is 6. The zero-order valence-electron chi connectivity index (χ0n) is 19.1. The molecule has 0 aromatic heterocycles. The molecule has 2 N–H and O–H groups in total. The van der Waals surface area contributed by atoms with E-state index in [0.29, 0.717) is 48.9 Å². The summed E-state index contributed by atoms with van der Waals surface area (Å²) >= 11 is 0. The number of benzene rings is 2. The third kappa shape index (κ3) is 5.78. The highest BCUT2D eigenvalue weighted by Gasteiger charge is 2.39. The lowest BCUT2D eigenvalue weighted by Crippen LogP contribution is -2.34. The van der Waals surface area contributed by atoms with Gasteiger partial charge in [-0.3, -0.25) is 19.3 Å². The summed E-state index contributed by atoms with van der Waals surface area (Å²) in [6.07, 6.45) is 0.545. The summed E-state index contributed by atoms with van der Waals surface area (Å²) in [5.41, 5.74) is 2.24. The summed E-state index contributed by atoms with van der Waals surface area (Å²) in [6.45, 7) is 6.96. The maximum absolute atomic E-state index is 13.3. The van der Waals surface area contributed by atoms with Gasteiger partial charge in [0.25, 0.3) is 11.8 Å². The summed E-state index contributed by atoms with van der Waals surface area (Å²) in [7, 11) is 0. The minimum absolute atomic E-state index is 0.190. The van der Waals surface area contributed by atoms with Crippen LogP contribution < -0.4 is 15.4 Å². The Labute approximate surface area is 193 Å². The zero-order valence-corrected chi connectivity index (χ0v) is 19.1. The zero-order chi connectivity index (χ0) is 23.8. The van der Waals surface area contributed by atoms with Crippen LogP contribution >= 0.6 is 0 Å². The molecule has 8 nitrogen and oxygen atoms in total. The number of nitrogens with one attached hydrogen (secondary N) is 2. The molecular formula is C25H29N3O5. The van der Waals surface area contributed by atoms with Crippen molar-refractivity contribution in [2.24, 2.45) is 0 Å². The standard InChI is InChI=1S/C25H29N3O5/c1-4-32-16-8-15-28-24(30)22(18-11-13-19(14-12-18)26-17(3)29)23(25(28)31)27-20-9-6-7-10-21(20)33-5-2/h6-7,9-14,27H,4-5,8,15-16H2,1-3H3,(H,26,29). The summed E-state index contributed by atoms with van der Waals surface area (Å²) < 4.78 is 11.0. The van der Waals surface area contributed by atoms with Crippen molar-refractivity contribution in [3.8, 4) is 5.75 Å². The van der Waals surface area contributed by atoms with Gasteiger partial charge in [-0.1, -0.05) is 24.3 Å². The van der Waals surface area contributed by atoms with E-state index in [9.17, 15) is 14.4 Å². The normalized spacial score (nSPS) is 13.5. The van der Waals surface area contributed by atoms with Crippen molar-refractivity contribution in [3.63, 3.8) is 0 Å². The lowest BCUT2D eigenvalue weighted by Gasteiger charge is -2.16. The van der Waals surface area contributed by atoms with Crippen molar-refractivity contribution >= 4 is 34.7 Å². The first kappa shape index (κ1) is 24.0. The fourth-order valence-corrected chi connectivity index (χ4v) is 3.54. The second kappa shape index (κ2) is 11.3. The highest BCUT2D eigenvalue weighted by atomic mass is 16.5. The molecule has 0 radical (unpaired) electrons. The molecule has 0 unspecified atom stereocenters. The van der Waals surface area contributed by atoms with E-state index >= 15 is 0 Å². The molecule has 1 aliphatic rings.